The molecule has 0 bridgehead atoms. The molecule has 13 aromatic rings. The fourth-order valence-electron chi connectivity index (χ4n) is 11.2. The number of fused-ring (bicyclic) bond motifs is 8. The molecule has 2 aromatic heterocycles. The number of thiophene rings is 1. The Morgan fingerprint density at radius 3 is 1.55 bits per heavy atom. The number of anilines is 3. The molecule has 2 nitrogen and oxygen atoms in total. The third-order valence-electron chi connectivity index (χ3n) is 14.3. The van der Waals surface area contributed by atoms with Crippen LogP contribution in [0.2, 0.25) is 0 Å². The van der Waals surface area contributed by atoms with Crippen molar-refractivity contribution in [3.63, 3.8) is 0 Å². The second-order valence-corrected chi connectivity index (χ2v) is 19.5. The number of hydrogen-bond acceptors (Lipinski definition) is 2. The quantitative estimate of drug-likeness (QED) is 0.147. The average molecular weight is 921 g/mol. The maximum atomic E-state index is 2.58. The van der Waals surface area contributed by atoms with Gasteiger partial charge in [0, 0.05) is 53.4 Å². The highest BCUT2D eigenvalue weighted by Gasteiger charge is 2.30. The summed E-state index contributed by atoms with van der Waals surface area (Å²) in [5, 5.41) is 4.98. The molecule has 332 valence electrons. The molecule has 0 spiro atoms. The summed E-state index contributed by atoms with van der Waals surface area (Å²) in [5.74, 6) is 0. The summed E-state index contributed by atoms with van der Waals surface area (Å²) in [7, 11) is 0. The van der Waals surface area contributed by atoms with Crippen LogP contribution in [-0.2, 0) is 0 Å². The molecule has 0 amide bonds. The van der Waals surface area contributed by atoms with E-state index < -0.39 is 0 Å². The molecule has 0 aliphatic carbocycles. The van der Waals surface area contributed by atoms with Crippen molar-refractivity contribution >= 4 is 81.5 Å². The Balaban J connectivity index is 1.10. The maximum Gasteiger partial charge on any atom is 0.0620 e. The van der Waals surface area contributed by atoms with Crippen LogP contribution in [0, 0.1) is 0 Å². The maximum absolute atomic E-state index is 2.58. The Kier molecular flexibility index (Phi) is 9.75. The summed E-state index contributed by atoms with van der Waals surface area (Å²) in [4.78, 5) is 2.51. The fourth-order valence-corrected chi connectivity index (χ4v) is 12.4. The Labute approximate surface area is 416 Å². The summed E-state index contributed by atoms with van der Waals surface area (Å²) in [6, 6.07) is 98.2. The summed E-state index contributed by atoms with van der Waals surface area (Å²) in [6.45, 7) is 0. The molecule has 0 fully saturated rings. The van der Waals surface area contributed by atoms with Crippen LogP contribution in [0.4, 0.5) is 17.1 Å². The Bertz CT molecular complexity index is 4190. The SMILES string of the molecule is c1ccc(C2=C(c3ccccc3)c3cccc4c5c(-c6ccccc6)cccc5n(c34)-c3cc(N(c4cccc(-c5ccccc5)c4)c4cccc5sc6cc(-c7ccccc7)ccc6c45)ccc32)cc1. The van der Waals surface area contributed by atoms with Crippen LogP contribution in [0.15, 0.2) is 267 Å². The minimum Gasteiger partial charge on any atom is -0.310 e. The zero-order chi connectivity index (χ0) is 46.8. The molecular formula is C68H44N2S. The Morgan fingerprint density at radius 1 is 0.310 bits per heavy atom. The van der Waals surface area contributed by atoms with Gasteiger partial charge in [0.1, 0.15) is 0 Å². The number of benzene rings is 11. The normalized spacial score (nSPS) is 12.2. The minimum absolute atomic E-state index is 1.07. The molecule has 71 heavy (non-hydrogen) atoms. The van der Waals surface area contributed by atoms with Crippen molar-refractivity contribution in [1.82, 2.24) is 4.57 Å². The Morgan fingerprint density at radius 2 is 0.859 bits per heavy atom. The van der Waals surface area contributed by atoms with Crippen molar-refractivity contribution in [2.24, 2.45) is 0 Å². The van der Waals surface area contributed by atoms with E-state index in [0.29, 0.717) is 0 Å². The van der Waals surface area contributed by atoms with Gasteiger partial charge in [-0.3, -0.25) is 0 Å². The molecule has 14 rings (SSSR count). The zero-order valence-corrected chi connectivity index (χ0v) is 39.5. The lowest BCUT2D eigenvalue weighted by atomic mass is 9.85. The van der Waals surface area contributed by atoms with Crippen molar-refractivity contribution in [3.05, 3.63) is 289 Å². The number of aromatic nitrogens is 1. The largest absolute Gasteiger partial charge is 0.310 e. The topological polar surface area (TPSA) is 8.17 Å². The van der Waals surface area contributed by atoms with Gasteiger partial charge in [0.05, 0.1) is 22.4 Å². The molecule has 1 aliphatic heterocycles. The van der Waals surface area contributed by atoms with E-state index in [1.807, 2.05) is 11.3 Å². The van der Waals surface area contributed by atoms with Gasteiger partial charge >= 0.3 is 0 Å². The van der Waals surface area contributed by atoms with Crippen LogP contribution in [-0.4, -0.2) is 4.57 Å². The molecule has 0 atom stereocenters. The second kappa shape index (κ2) is 16.9. The van der Waals surface area contributed by atoms with Gasteiger partial charge in [-0.1, -0.05) is 218 Å². The highest BCUT2D eigenvalue weighted by Crippen LogP contribution is 2.52. The van der Waals surface area contributed by atoms with E-state index in [9.17, 15) is 0 Å². The van der Waals surface area contributed by atoms with Gasteiger partial charge in [-0.05, 0) is 104 Å². The molecule has 0 saturated carbocycles. The van der Waals surface area contributed by atoms with Gasteiger partial charge in [0.25, 0.3) is 0 Å². The molecular weight excluding hydrogens is 877 g/mol. The van der Waals surface area contributed by atoms with Crippen molar-refractivity contribution in [3.8, 4) is 39.1 Å². The van der Waals surface area contributed by atoms with E-state index in [-0.39, 0.29) is 0 Å². The van der Waals surface area contributed by atoms with E-state index >= 15 is 0 Å². The van der Waals surface area contributed by atoms with Crippen LogP contribution in [0.1, 0.15) is 22.3 Å². The molecule has 11 aromatic carbocycles. The first-order valence-corrected chi connectivity index (χ1v) is 25.1. The van der Waals surface area contributed by atoms with E-state index in [1.54, 1.807) is 0 Å². The summed E-state index contributed by atoms with van der Waals surface area (Å²) >= 11 is 1.87. The molecule has 3 heteroatoms. The Hall–Kier alpha value is -9.02. The van der Waals surface area contributed by atoms with Crippen LogP contribution in [0.5, 0.6) is 0 Å². The zero-order valence-electron chi connectivity index (χ0n) is 38.7. The van der Waals surface area contributed by atoms with Crippen molar-refractivity contribution in [2.75, 3.05) is 4.90 Å². The molecule has 0 radical (unpaired) electrons. The van der Waals surface area contributed by atoms with Crippen LogP contribution in [0.25, 0.3) is 92.2 Å². The molecule has 0 unspecified atom stereocenters. The second-order valence-electron chi connectivity index (χ2n) is 18.4. The first-order valence-electron chi connectivity index (χ1n) is 24.3. The van der Waals surface area contributed by atoms with Crippen molar-refractivity contribution in [1.29, 1.82) is 0 Å². The first kappa shape index (κ1) is 41.0. The van der Waals surface area contributed by atoms with E-state index in [1.165, 1.54) is 109 Å². The van der Waals surface area contributed by atoms with Crippen LogP contribution in [0.3, 0.4) is 0 Å². The van der Waals surface area contributed by atoms with Crippen molar-refractivity contribution in [2.45, 2.75) is 0 Å². The number of hydrogen-bond donors (Lipinski definition) is 0. The number of rotatable bonds is 8. The standard InChI is InChI=1S/C68H44N2S/c1-6-20-45(21-7-1)50-30-16-31-52(42-50)69(60-36-19-37-62-67(60)56-40-38-51(43-63(56)71-62)46-22-8-2-9-23-46)53-39-41-55-61(44-53)70-59-35-18-32-54(47-24-10-3-11-25-47)66(59)58-34-17-33-57(68(58)70)65(49-28-14-5-15-29-49)64(55)48-26-12-4-13-27-48/h1-44H. The molecule has 0 saturated heterocycles. The highest BCUT2D eigenvalue weighted by atomic mass is 32.1. The van der Waals surface area contributed by atoms with Gasteiger partial charge in [0.15, 0.2) is 0 Å². The third-order valence-corrected chi connectivity index (χ3v) is 15.4. The van der Waals surface area contributed by atoms with E-state index in [4.69, 9.17) is 0 Å². The molecule has 1 aliphatic rings. The van der Waals surface area contributed by atoms with Crippen molar-refractivity contribution < 1.29 is 0 Å². The lowest BCUT2D eigenvalue weighted by Gasteiger charge is -2.28. The third kappa shape index (κ3) is 6.77. The summed E-state index contributed by atoms with van der Waals surface area (Å²) < 4.78 is 5.10. The van der Waals surface area contributed by atoms with Gasteiger partial charge in [-0.15, -0.1) is 11.3 Å². The lowest BCUT2D eigenvalue weighted by molar-refractivity contribution is 1.16. The smallest absolute Gasteiger partial charge is 0.0620 e. The molecule has 3 heterocycles. The monoisotopic (exact) mass is 920 g/mol. The van der Waals surface area contributed by atoms with E-state index in [0.717, 1.165) is 22.7 Å². The first-order chi connectivity index (χ1) is 35.2. The fraction of sp³-hybridized carbons (Fsp3) is 0. The predicted octanol–water partition coefficient (Wildman–Crippen LogP) is 18.9. The van der Waals surface area contributed by atoms with Gasteiger partial charge in [0.2, 0.25) is 0 Å². The van der Waals surface area contributed by atoms with Gasteiger partial charge in [-0.2, -0.15) is 0 Å². The van der Waals surface area contributed by atoms with E-state index in [2.05, 4.69) is 276 Å². The average Bonchev–Trinajstić information content (AvgIpc) is 3.96. The minimum atomic E-state index is 1.07. The van der Waals surface area contributed by atoms with Gasteiger partial charge in [-0.25, -0.2) is 0 Å². The highest BCUT2D eigenvalue weighted by molar-refractivity contribution is 7.26. The van der Waals surface area contributed by atoms with Gasteiger partial charge < -0.3 is 9.47 Å². The number of para-hydroxylation sites is 1. The lowest BCUT2D eigenvalue weighted by Crippen LogP contribution is -2.12. The van der Waals surface area contributed by atoms with Crippen LogP contribution >= 0.6 is 11.3 Å². The van der Waals surface area contributed by atoms with Crippen LogP contribution < -0.4 is 4.90 Å². The summed E-state index contributed by atoms with van der Waals surface area (Å²) in [6.07, 6.45) is 0. The number of nitrogens with zero attached hydrogens (tertiary/aromatic N) is 2. The predicted molar refractivity (Wildman–Crippen MR) is 303 cm³/mol. The summed E-state index contributed by atoms with van der Waals surface area (Å²) in [5.41, 5.74) is 21.2. The molecule has 0 N–H and O–H groups in total.